The van der Waals surface area contributed by atoms with Crippen LogP contribution in [0.1, 0.15) is 45.1 Å². The standard InChI is InChI=1S/C19H26F2N2O/c1-18(2)12-19(18,15-6-5-14(20)11-16(15)21)13-22-17(24)7-10-23-8-3-4-9-23/h5-6,11H,3-4,7-10,12-13H2,1-2H3,(H,22,24). The molecule has 1 amide bonds. The van der Waals surface area contributed by atoms with Crippen molar-refractivity contribution < 1.29 is 13.6 Å². The van der Waals surface area contributed by atoms with Gasteiger partial charge in [0, 0.05) is 31.0 Å². The number of carbonyl (C=O) groups excluding carboxylic acids is 1. The summed E-state index contributed by atoms with van der Waals surface area (Å²) in [4.78, 5) is 14.5. The number of amides is 1. The van der Waals surface area contributed by atoms with E-state index in [1.807, 2.05) is 0 Å². The molecule has 5 heteroatoms. The van der Waals surface area contributed by atoms with Gasteiger partial charge in [-0.3, -0.25) is 4.79 Å². The van der Waals surface area contributed by atoms with Crippen LogP contribution in [0.15, 0.2) is 18.2 Å². The molecule has 1 aromatic carbocycles. The molecule has 0 aromatic heterocycles. The maximum absolute atomic E-state index is 14.2. The quantitative estimate of drug-likeness (QED) is 0.865. The summed E-state index contributed by atoms with van der Waals surface area (Å²) in [5.74, 6) is -1.09. The van der Waals surface area contributed by atoms with Gasteiger partial charge in [0.2, 0.25) is 5.91 Å². The molecule has 0 spiro atoms. The summed E-state index contributed by atoms with van der Waals surface area (Å²) in [6.45, 7) is 7.46. The van der Waals surface area contributed by atoms with Crippen molar-refractivity contribution in [3.63, 3.8) is 0 Å². The molecule has 1 atom stereocenters. The number of carbonyl (C=O) groups is 1. The summed E-state index contributed by atoms with van der Waals surface area (Å²) in [5, 5.41) is 2.98. The number of hydrogen-bond acceptors (Lipinski definition) is 2. The maximum Gasteiger partial charge on any atom is 0.221 e. The number of benzene rings is 1. The lowest BCUT2D eigenvalue weighted by molar-refractivity contribution is -0.121. The predicted molar refractivity (Wildman–Crippen MR) is 89.7 cm³/mol. The first kappa shape index (κ1) is 17.3. The highest BCUT2D eigenvalue weighted by atomic mass is 19.1. The van der Waals surface area contributed by atoms with Gasteiger partial charge < -0.3 is 10.2 Å². The van der Waals surface area contributed by atoms with Gasteiger partial charge in [0.25, 0.3) is 0 Å². The summed E-state index contributed by atoms with van der Waals surface area (Å²) >= 11 is 0. The molecule has 1 unspecified atom stereocenters. The van der Waals surface area contributed by atoms with Crippen LogP contribution < -0.4 is 5.32 Å². The lowest BCUT2D eigenvalue weighted by Crippen LogP contribution is -2.37. The zero-order chi connectivity index (χ0) is 17.4. The molecule has 2 aliphatic rings. The van der Waals surface area contributed by atoms with Gasteiger partial charge in [-0.2, -0.15) is 0 Å². The second kappa shape index (κ2) is 6.43. The molecule has 2 fully saturated rings. The monoisotopic (exact) mass is 336 g/mol. The maximum atomic E-state index is 14.2. The minimum absolute atomic E-state index is 0.00601. The van der Waals surface area contributed by atoms with Gasteiger partial charge in [-0.25, -0.2) is 8.78 Å². The number of rotatable bonds is 6. The molecule has 0 bridgehead atoms. The largest absolute Gasteiger partial charge is 0.355 e. The highest BCUT2D eigenvalue weighted by Crippen LogP contribution is 2.64. The molecular weight excluding hydrogens is 310 g/mol. The predicted octanol–water partition coefficient (Wildman–Crippen LogP) is 3.23. The van der Waals surface area contributed by atoms with Crippen molar-refractivity contribution in [3.8, 4) is 0 Å². The Hall–Kier alpha value is -1.49. The lowest BCUT2D eigenvalue weighted by Gasteiger charge is -2.23. The van der Waals surface area contributed by atoms with E-state index >= 15 is 0 Å². The minimum atomic E-state index is -0.570. The molecule has 0 radical (unpaired) electrons. The van der Waals surface area contributed by atoms with Crippen molar-refractivity contribution in [2.24, 2.45) is 5.41 Å². The topological polar surface area (TPSA) is 32.3 Å². The normalized spacial score (nSPS) is 25.7. The zero-order valence-corrected chi connectivity index (χ0v) is 14.5. The van der Waals surface area contributed by atoms with Crippen molar-refractivity contribution in [2.75, 3.05) is 26.2 Å². The van der Waals surface area contributed by atoms with Gasteiger partial charge >= 0.3 is 0 Å². The van der Waals surface area contributed by atoms with Crippen LogP contribution in [-0.2, 0) is 10.2 Å². The average molecular weight is 336 g/mol. The van der Waals surface area contributed by atoms with Gasteiger partial charge in [-0.15, -0.1) is 0 Å². The lowest BCUT2D eigenvalue weighted by atomic mass is 9.87. The SMILES string of the molecule is CC1(C)CC1(CNC(=O)CCN1CCCC1)c1ccc(F)cc1F. The molecule has 1 saturated heterocycles. The fraction of sp³-hybridized carbons (Fsp3) is 0.632. The smallest absolute Gasteiger partial charge is 0.221 e. The van der Waals surface area contributed by atoms with E-state index in [4.69, 9.17) is 0 Å². The van der Waals surface area contributed by atoms with Gasteiger partial charge in [0.05, 0.1) is 0 Å². The number of likely N-dealkylation sites (tertiary alicyclic amines) is 1. The van der Waals surface area contributed by atoms with Crippen LogP contribution in [-0.4, -0.2) is 37.0 Å². The summed E-state index contributed by atoms with van der Waals surface area (Å²) < 4.78 is 27.4. The molecule has 1 aromatic rings. The molecule has 1 saturated carbocycles. The van der Waals surface area contributed by atoms with E-state index in [1.54, 1.807) is 0 Å². The van der Waals surface area contributed by atoms with Gasteiger partial charge in [-0.1, -0.05) is 19.9 Å². The van der Waals surface area contributed by atoms with Crippen LogP contribution in [0.2, 0.25) is 0 Å². The molecular formula is C19H26F2N2O. The van der Waals surface area contributed by atoms with Gasteiger partial charge in [0.15, 0.2) is 0 Å². The molecule has 1 N–H and O–H groups in total. The molecule has 1 aliphatic carbocycles. The van der Waals surface area contributed by atoms with Gasteiger partial charge in [0.1, 0.15) is 11.6 Å². The molecule has 1 heterocycles. The molecule has 24 heavy (non-hydrogen) atoms. The van der Waals surface area contributed by atoms with Crippen LogP contribution in [0.4, 0.5) is 8.78 Å². The highest BCUT2D eigenvalue weighted by Gasteiger charge is 2.62. The van der Waals surface area contributed by atoms with Gasteiger partial charge in [-0.05, 0) is 49.4 Å². The minimum Gasteiger partial charge on any atom is -0.355 e. The van der Waals surface area contributed by atoms with Crippen LogP contribution >= 0.6 is 0 Å². The Morgan fingerprint density at radius 2 is 1.92 bits per heavy atom. The zero-order valence-electron chi connectivity index (χ0n) is 14.5. The second-order valence-electron chi connectivity index (χ2n) is 7.84. The molecule has 132 valence electrons. The van der Waals surface area contributed by atoms with Crippen LogP contribution in [0.3, 0.4) is 0 Å². The Morgan fingerprint density at radius 3 is 2.50 bits per heavy atom. The van der Waals surface area contributed by atoms with Crippen molar-refractivity contribution >= 4 is 5.91 Å². The third-order valence-electron chi connectivity index (χ3n) is 5.80. The Morgan fingerprint density at radius 1 is 1.25 bits per heavy atom. The van der Waals surface area contributed by atoms with Crippen molar-refractivity contribution in [1.29, 1.82) is 0 Å². The first-order valence-electron chi connectivity index (χ1n) is 8.79. The summed E-state index contributed by atoms with van der Waals surface area (Å²) in [5.41, 5.74) is -0.0316. The van der Waals surface area contributed by atoms with Crippen LogP contribution in [0.25, 0.3) is 0 Å². The van der Waals surface area contributed by atoms with E-state index in [0.717, 1.165) is 32.1 Å². The number of nitrogens with one attached hydrogen (secondary N) is 1. The molecule has 3 nitrogen and oxygen atoms in total. The summed E-state index contributed by atoms with van der Waals surface area (Å²) in [6, 6.07) is 3.75. The van der Waals surface area contributed by atoms with Crippen molar-refractivity contribution in [1.82, 2.24) is 10.2 Å². The van der Waals surface area contributed by atoms with E-state index in [1.165, 1.54) is 25.0 Å². The van der Waals surface area contributed by atoms with Crippen molar-refractivity contribution in [2.45, 2.75) is 44.9 Å². The first-order chi connectivity index (χ1) is 11.3. The summed E-state index contributed by atoms with van der Waals surface area (Å²) in [7, 11) is 0. The highest BCUT2D eigenvalue weighted by molar-refractivity contribution is 5.76. The fourth-order valence-electron chi connectivity index (χ4n) is 4.05. The average Bonchev–Trinajstić information content (AvgIpc) is 2.89. The van der Waals surface area contributed by atoms with E-state index in [2.05, 4.69) is 24.1 Å². The Labute approximate surface area is 142 Å². The third-order valence-corrected chi connectivity index (χ3v) is 5.80. The summed E-state index contributed by atoms with van der Waals surface area (Å²) in [6.07, 6.45) is 3.68. The van der Waals surface area contributed by atoms with E-state index < -0.39 is 17.0 Å². The van der Waals surface area contributed by atoms with E-state index in [9.17, 15) is 13.6 Å². The second-order valence-corrected chi connectivity index (χ2v) is 7.84. The Kier molecular flexibility index (Phi) is 4.65. The van der Waals surface area contributed by atoms with Crippen molar-refractivity contribution in [3.05, 3.63) is 35.4 Å². The van der Waals surface area contributed by atoms with E-state index in [0.29, 0.717) is 18.5 Å². The number of halogens is 2. The number of hydrogen-bond donors (Lipinski definition) is 1. The Bertz CT molecular complexity index is 626. The Balaban J connectivity index is 1.61. The van der Waals surface area contributed by atoms with E-state index in [-0.39, 0.29) is 11.3 Å². The molecule has 3 rings (SSSR count). The third kappa shape index (κ3) is 3.32. The number of nitrogens with zero attached hydrogens (tertiary/aromatic N) is 1. The fourth-order valence-corrected chi connectivity index (χ4v) is 4.05. The van der Waals surface area contributed by atoms with Crippen LogP contribution in [0.5, 0.6) is 0 Å². The first-order valence-corrected chi connectivity index (χ1v) is 8.79. The van der Waals surface area contributed by atoms with Crippen LogP contribution in [0, 0.1) is 17.0 Å². The molecule has 1 aliphatic heterocycles.